The maximum absolute atomic E-state index is 12.4. The van der Waals surface area contributed by atoms with Gasteiger partial charge in [0.25, 0.3) is 0 Å². The first-order valence-electron chi connectivity index (χ1n) is 8.00. The fourth-order valence-corrected chi connectivity index (χ4v) is 2.67. The van der Waals surface area contributed by atoms with Crippen molar-refractivity contribution in [3.05, 3.63) is 65.9 Å². The maximum Gasteiger partial charge on any atom is 0.319 e. The Bertz CT molecular complexity index is 875. The van der Waals surface area contributed by atoms with Crippen LogP contribution in [0.15, 0.2) is 49.2 Å². The molecule has 0 aliphatic heterocycles. The number of nitrogens with zero attached hydrogens (tertiary/aromatic N) is 4. The Labute approximate surface area is 146 Å². The Kier molecular flexibility index (Phi) is 4.74. The van der Waals surface area contributed by atoms with E-state index in [1.807, 2.05) is 19.1 Å². The molecule has 0 aliphatic carbocycles. The molecule has 0 saturated heterocycles. The molecule has 2 amide bonds. The molecule has 7 heteroatoms. The molecule has 0 spiro atoms. The molecule has 2 N–H and O–H groups in total. The molecule has 25 heavy (non-hydrogen) atoms. The lowest BCUT2D eigenvalue weighted by Gasteiger charge is -2.18. The van der Waals surface area contributed by atoms with Crippen molar-refractivity contribution in [1.29, 1.82) is 0 Å². The minimum Gasteiger partial charge on any atom is -0.331 e. The van der Waals surface area contributed by atoms with Crippen LogP contribution < -0.4 is 10.6 Å². The van der Waals surface area contributed by atoms with Gasteiger partial charge in [-0.2, -0.15) is 5.10 Å². The standard InChI is InChI=1S/C18H20N6O/c1-12-6-4-7-15(13(12)2)14(3)22-18(25)23-16-8-5-9-20-17(16)24-11-19-10-21-24/h4-11,14H,1-3H3,(H2,22,23,25)/t14-/m1/s1. The summed E-state index contributed by atoms with van der Waals surface area (Å²) in [5, 5.41) is 9.85. The predicted molar refractivity (Wildman–Crippen MR) is 95.6 cm³/mol. The third kappa shape index (κ3) is 3.65. The summed E-state index contributed by atoms with van der Waals surface area (Å²) in [5.74, 6) is 0.509. The lowest BCUT2D eigenvalue weighted by Crippen LogP contribution is -2.32. The van der Waals surface area contributed by atoms with Crippen molar-refractivity contribution < 1.29 is 4.79 Å². The zero-order chi connectivity index (χ0) is 17.8. The summed E-state index contributed by atoms with van der Waals surface area (Å²) < 4.78 is 1.50. The first-order chi connectivity index (χ1) is 12.1. The Morgan fingerprint density at radius 3 is 2.80 bits per heavy atom. The summed E-state index contributed by atoms with van der Waals surface area (Å²) in [6.07, 6.45) is 4.59. The fourth-order valence-electron chi connectivity index (χ4n) is 2.67. The number of carbonyl (C=O) groups is 1. The molecule has 2 aromatic heterocycles. The minimum atomic E-state index is -0.303. The molecule has 0 bridgehead atoms. The summed E-state index contributed by atoms with van der Waals surface area (Å²) in [5.41, 5.74) is 4.03. The SMILES string of the molecule is Cc1cccc([C@@H](C)NC(=O)Nc2cccnc2-n2cncn2)c1C. The summed E-state index contributed by atoms with van der Waals surface area (Å²) in [6, 6.07) is 9.19. The first-order valence-corrected chi connectivity index (χ1v) is 8.00. The van der Waals surface area contributed by atoms with E-state index in [0.29, 0.717) is 11.5 Å². The summed E-state index contributed by atoms with van der Waals surface area (Å²) in [7, 11) is 0. The average Bonchev–Trinajstić information content (AvgIpc) is 3.12. The molecule has 7 nitrogen and oxygen atoms in total. The van der Waals surface area contributed by atoms with E-state index in [1.165, 1.54) is 28.5 Å². The first kappa shape index (κ1) is 16.6. The Morgan fingerprint density at radius 2 is 2.04 bits per heavy atom. The highest BCUT2D eigenvalue weighted by atomic mass is 16.2. The lowest BCUT2D eigenvalue weighted by molar-refractivity contribution is 0.249. The van der Waals surface area contributed by atoms with E-state index < -0.39 is 0 Å². The number of aromatic nitrogens is 4. The van der Waals surface area contributed by atoms with Gasteiger partial charge in [-0.25, -0.2) is 19.4 Å². The summed E-state index contributed by atoms with van der Waals surface area (Å²) in [4.78, 5) is 20.6. The van der Waals surface area contributed by atoms with Crippen molar-refractivity contribution in [3.8, 4) is 5.82 Å². The number of nitrogens with one attached hydrogen (secondary N) is 2. The van der Waals surface area contributed by atoms with E-state index in [4.69, 9.17) is 0 Å². The van der Waals surface area contributed by atoms with Crippen LogP contribution in [0.1, 0.15) is 29.7 Å². The highest BCUT2D eigenvalue weighted by Gasteiger charge is 2.14. The van der Waals surface area contributed by atoms with Gasteiger partial charge in [0.1, 0.15) is 12.7 Å². The molecule has 0 radical (unpaired) electrons. The van der Waals surface area contributed by atoms with Gasteiger partial charge >= 0.3 is 6.03 Å². The van der Waals surface area contributed by atoms with Crippen LogP contribution in [0.25, 0.3) is 5.82 Å². The van der Waals surface area contributed by atoms with E-state index in [0.717, 1.165) is 5.56 Å². The molecular weight excluding hydrogens is 316 g/mol. The van der Waals surface area contributed by atoms with Gasteiger partial charge in [-0.3, -0.25) is 0 Å². The monoisotopic (exact) mass is 336 g/mol. The number of aryl methyl sites for hydroxylation is 1. The quantitative estimate of drug-likeness (QED) is 0.766. The van der Waals surface area contributed by atoms with Crippen LogP contribution in [0, 0.1) is 13.8 Å². The minimum absolute atomic E-state index is 0.119. The van der Waals surface area contributed by atoms with Crippen LogP contribution in [0.5, 0.6) is 0 Å². The van der Waals surface area contributed by atoms with E-state index >= 15 is 0 Å². The Hall–Kier alpha value is -3.22. The van der Waals surface area contributed by atoms with Crippen molar-refractivity contribution in [2.24, 2.45) is 0 Å². The number of benzene rings is 1. The van der Waals surface area contributed by atoms with Crippen molar-refractivity contribution in [2.75, 3.05) is 5.32 Å². The number of anilines is 1. The highest BCUT2D eigenvalue weighted by molar-refractivity contribution is 5.91. The zero-order valence-corrected chi connectivity index (χ0v) is 14.4. The van der Waals surface area contributed by atoms with Crippen LogP contribution >= 0.6 is 0 Å². The van der Waals surface area contributed by atoms with Crippen LogP contribution in [-0.2, 0) is 0 Å². The van der Waals surface area contributed by atoms with Crippen molar-refractivity contribution in [3.63, 3.8) is 0 Å². The number of rotatable bonds is 4. The average molecular weight is 336 g/mol. The van der Waals surface area contributed by atoms with Crippen LogP contribution in [0.4, 0.5) is 10.5 Å². The Morgan fingerprint density at radius 1 is 1.20 bits per heavy atom. The fraction of sp³-hybridized carbons (Fsp3) is 0.222. The van der Waals surface area contributed by atoms with E-state index in [9.17, 15) is 4.79 Å². The molecule has 2 heterocycles. The number of hydrogen-bond donors (Lipinski definition) is 2. The van der Waals surface area contributed by atoms with Crippen LogP contribution in [0.3, 0.4) is 0 Å². The second kappa shape index (κ2) is 7.12. The largest absolute Gasteiger partial charge is 0.331 e. The predicted octanol–water partition coefficient (Wildman–Crippen LogP) is 3.16. The zero-order valence-electron chi connectivity index (χ0n) is 14.4. The van der Waals surface area contributed by atoms with Gasteiger partial charge in [0.2, 0.25) is 0 Å². The van der Waals surface area contributed by atoms with Crippen molar-refractivity contribution in [1.82, 2.24) is 25.1 Å². The summed E-state index contributed by atoms with van der Waals surface area (Å²) in [6.45, 7) is 6.08. The molecule has 128 valence electrons. The van der Waals surface area contributed by atoms with E-state index in [2.05, 4.69) is 45.6 Å². The number of hydrogen-bond acceptors (Lipinski definition) is 4. The van der Waals surface area contributed by atoms with Gasteiger partial charge in [0.05, 0.1) is 11.7 Å². The smallest absolute Gasteiger partial charge is 0.319 e. The molecule has 3 rings (SSSR count). The second-order valence-corrected chi connectivity index (χ2v) is 5.82. The number of urea groups is 1. The van der Waals surface area contributed by atoms with Crippen molar-refractivity contribution >= 4 is 11.7 Å². The van der Waals surface area contributed by atoms with Gasteiger partial charge in [-0.1, -0.05) is 18.2 Å². The van der Waals surface area contributed by atoms with Gasteiger partial charge in [0, 0.05) is 6.20 Å². The molecule has 3 aromatic rings. The lowest BCUT2D eigenvalue weighted by atomic mass is 9.98. The molecule has 0 saturated carbocycles. The number of amides is 2. The van der Waals surface area contributed by atoms with Gasteiger partial charge in [-0.05, 0) is 49.6 Å². The second-order valence-electron chi connectivity index (χ2n) is 5.82. The van der Waals surface area contributed by atoms with Gasteiger partial charge < -0.3 is 10.6 Å². The molecule has 0 unspecified atom stereocenters. The molecular formula is C18H20N6O. The molecule has 0 aliphatic rings. The topological polar surface area (TPSA) is 84.7 Å². The third-order valence-electron chi connectivity index (χ3n) is 4.13. The normalized spacial score (nSPS) is 11.8. The number of pyridine rings is 1. The van der Waals surface area contributed by atoms with E-state index in [1.54, 1.807) is 18.3 Å². The van der Waals surface area contributed by atoms with Crippen LogP contribution in [0.2, 0.25) is 0 Å². The van der Waals surface area contributed by atoms with E-state index in [-0.39, 0.29) is 12.1 Å². The Balaban J connectivity index is 1.74. The van der Waals surface area contributed by atoms with Crippen LogP contribution in [-0.4, -0.2) is 25.8 Å². The molecule has 0 fully saturated rings. The van der Waals surface area contributed by atoms with Gasteiger partial charge in [-0.15, -0.1) is 0 Å². The highest BCUT2D eigenvalue weighted by Crippen LogP contribution is 2.21. The summed E-state index contributed by atoms with van der Waals surface area (Å²) >= 11 is 0. The maximum atomic E-state index is 12.4. The van der Waals surface area contributed by atoms with Crippen molar-refractivity contribution in [2.45, 2.75) is 26.8 Å². The van der Waals surface area contributed by atoms with Gasteiger partial charge in [0.15, 0.2) is 5.82 Å². The molecule has 1 aromatic carbocycles. The molecule has 1 atom stereocenters. The number of carbonyl (C=O) groups excluding carboxylic acids is 1. The third-order valence-corrected chi connectivity index (χ3v) is 4.13.